The third-order valence-electron chi connectivity index (χ3n) is 3.61. The van der Waals surface area contributed by atoms with Gasteiger partial charge >= 0.3 is 0 Å². The Morgan fingerprint density at radius 1 is 1.33 bits per heavy atom. The zero-order valence-corrected chi connectivity index (χ0v) is 13.6. The SMILES string of the molecule is CCN(CC)c1cncc(C(=S)NCN2CCNCC2)n1. The fourth-order valence-corrected chi connectivity index (χ4v) is 2.47. The molecule has 0 saturated carbocycles. The second kappa shape index (κ2) is 8.21. The Kier molecular flexibility index (Phi) is 6.28. The zero-order valence-electron chi connectivity index (χ0n) is 12.8. The topological polar surface area (TPSA) is 56.3 Å². The lowest BCUT2D eigenvalue weighted by molar-refractivity contribution is 0.237. The van der Waals surface area contributed by atoms with Crippen molar-refractivity contribution < 1.29 is 0 Å². The molecule has 0 aromatic carbocycles. The van der Waals surface area contributed by atoms with Crippen molar-refractivity contribution >= 4 is 23.0 Å². The number of hydrogen-bond donors (Lipinski definition) is 2. The highest BCUT2D eigenvalue weighted by Crippen LogP contribution is 2.09. The summed E-state index contributed by atoms with van der Waals surface area (Å²) in [6, 6.07) is 0. The van der Waals surface area contributed by atoms with Crippen molar-refractivity contribution in [2.24, 2.45) is 0 Å². The van der Waals surface area contributed by atoms with Crippen molar-refractivity contribution in [3.63, 3.8) is 0 Å². The first-order valence-corrected chi connectivity index (χ1v) is 7.93. The second-order valence-electron chi connectivity index (χ2n) is 4.97. The van der Waals surface area contributed by atoms with Crippen molar-refractivity contribution in [3.8, 4) is 0 Å². The summed E-state index contributed by atoms with van der Waals surface area (Å²) in [7, 11) is 0. The minimum Gasteiger partial charge on any atom is -0.362 e. The molecule has 2 heterocycles. The molecule has 116 valence electrons. The van der Waals surface area contributed by atoms with Crippen LogP contribution in [0.25, 0.3) is 0 Å². The molecule has 0 bridgehead atoms. The molecular weight excluding hydrogens is 284 g/mol. The van der Waals surface area contributed by atoms with E-state index in [-0.39, 0.29) is 0 Å². The summed E-state index contributed by atoms with van der Waals surface area (Å²) in [5.74, 6) is 0.879. The highest BCUT2D eigenvalue weighted by molar-refractivity contribution is 7.80. The summed E-state index contributed by atoms with van der Waals surface area (Å²) >= 11 is 5.43. The van der Waals surface area contributed by atoms with E-state index in [2.05, 4.69) is 44.2 Å². The van der Waals surface area contributed by atoms with E-state index >= 15 is 0 Å². The van der Waals surface area contributed by atoms with E-state index in [4.69, 9.17) is 12.2 Å². The molecule has 1 aliphatic heterocycles. The summed E-state index contributed by atoms with van der Waals surface area (Å²) < 4.78 is 0. The molecule has 1 aliphatic rings. The van der Waals surface area contributed by atoms with Crippen LogP contribution in [0, 0.1) is 0 Å². The van der Waals surface area contributed by atoms with E-state index in [1.54, 1.807) is 12.4 Å². The van der Waals surface area contributed by atoms with Crippen LogP contribution < -0.4 is 15.5 Å². The molecule has 2 N–H and O–H groups in total. The molecule has 1 aromatic rings. The number of nitrogens with zero attached hydrogens (tertiary/aromatic N) is 4. The van der Waals surface area contributed by atoms with Gasteiger partial charge in [0, 0.05) is 39.3 Å². The van der Waals surface area contributed by atoms with Gasteiger partial charge in [0.25, 0.3) is 0 Å². The fourth-order valence-electron chi connectivity index (χ4n) is 2.31. The minimum absolute atomic E-state index is 0.662. The lowest BCUT2D eigenvalue weighted by Gasteiger charge is -2.27. The van der Waals surface area contributed by atoms with Gasteiger partial charge in [-0.2, -0.15) is 0 Å². The molecule has 0 amide bonds. The summed E-state index contributed by atoms with van der Waals surface area (Å²) in [6.07, 6.45) is 3.51. The van der Waals surface area contributed by atoms with Crippen LogP contribution in [0.5, 0.6) is 0 Å². The normalized spacial score (nSPS) is 15.7. The molecular formula is C14H24N6S. The van der Waals surface area contributed by atoms with Crippen LogP contribution in [-0.4, -0.2) is 65.8 Å². The summed E-state index contributed by atoms with van der Waals surface area (Å²) in [6.45, 7) is 11.0. The van der Waals surface area contributed by atoms with Crippen molar-refractivity contribution in [1.82, 2.24) is 25.5 Å². The number of aromatic nitrogens is 2. The number of hydrogen-bond acceptors (Lipinski definition) is 6. The van der Waals surface area contributed by atoms with Gasteiger partial charge < -0.3 is 15.5 Å². The van der Waals surface area contributed by atoms with Crippen LogP contribution in [0.15, 0.2) is 12.4 Å². The Morgan fingerprint density at radius 2 is 2.05 bits per heavy atom. The first-order valence-electron chi connectivity index (χ1n) is 7.52. The van der Waals surface area contributed by atoms with Crippen molar-refractivity contribution in [1.29, 1.82) is 0 Å². The monoisotopic (exact) mass is 308 g/mol. The zero-order chi connectivity index (χ0) is 15.1. The number of rotatable bonds is 6. The third-order valence-corrected chi connectivity index (χ3v) is 3.97. The Bertz CT molecular complexity index is 457. The predicted octanol–water partition coefficient (Wildman–Crippen LogP) is 0.451. The molecule has 0 spiro atoms. The summed E-state index contributed by atoms with van der Waals surface area (Å²) in [5.41, 5.74) is 0.740. The molecule has 21 heavy (non-hydrogen) atoms. The number of piperazine rings is 1. The number of thiocarbonyl (C=S) groups is 1. The van der Waals surface area contributed by atoms with E-state index in [1.165, 1.54) is 0 Å². The van der Waals surface area contributed by atoms with Crippen LogP contribution in [0.1, 0.15) is 19.5 Å². The van der Waals surface area contributed by atoms with Crippen molar-refractivity contribution in [2.75, 3.05) is 50.8 Å². The van der Waals surface area contributed by atoms with Crippen LogP contribution in [-0.2, 0) is 0 Å². The summed E-state index contributed by atoms with van der Waals surface area (Å²) in [5, 5.41) is 6.62. The summed E-state index contributed by atoms with van der Waals surface area (Å²) in [4.78, 5) is 14.0. The predicted molar refractivity (Wildman–Crippen MR) is 89.7 cm³/mol. The van der Waals surface area contributed by atoms with E-state index in [1.807, 2.05) is 0 Å². The Hall–Kier alpha value is -1.31. The quantitative estimate of drug-likeness (QED) is 0.740. The van der Waals surface area contributed by atoms with Crippen LogP contribution in [0.3, 0.4) is 0 Å². The van der Waals surface area contributed by atoms with Gasteiger partial charge in [0.1, 0.15) is 16.5 Å². The maximum absolute atomic E-state index is 5.43. The largest absolute Gasteiger partial charge is 0.362 e. The first-order chi connectivity index (χ1) is 10.2. The first kappa shape index (κ1) is 16.1. The van der Waals surface area contributed by atoms with Crippen molar-refractivity contribution in [2.45, 2.75) is 13.8 Å². The van der Waals surface area contributed by atoms with E-state index < -0.39 is 0 Å². The maximum atomic E-state index is 5.43. The highest BCUT2D eigenvalue weighted by atomic mass is 32.1. The lowest BCUT2D eigenvalue weighted by atomic mass is 10.4. The van der Waals surface area contributed by atoms with Gasteiger partial charge in [-0.15, -0.1) is 0 Å². The van der Waals surface area contributed by atoms with Gasteiger partial charge in [0.05, 0.1) is 19.1 Å². The molecule has 0 unspecified atom stereocenters. The second-order valence-corrected chi connectivity index (χ2v) is 5.38. The molecule has 0 radical (unpaired) electrons. The highest BCUT2D eigenvalue weighted by Gasteiger charge is 2.12. The maximum Gasteiger partial charge on any atom is 0.147 e. The smallest absolute Gasteiger partial charge is 0.147 e. The van der Waals surface area contributed by atoms with Crippen molar-refractivity contribution in [3.05, 3.63) is 18.1 Å². The van der Waals surface area contributed by atoms with Gasteiger partial charge in [-0.3, -0.25) is 9.88 Å². The van der Waals surface area contributed by atoms with E-state index in [9.17, 15) is 0 Å². The van der Waals surface area contributed by atoms with Gasteiger partial charge in [0.15, 0.2) is 0 Å². The molecule has 1 saturated heterocycles. The van der Waals surface area contributed by atoms with E-state index in [0.29, 0.717) is 4.99 Å². The molecule has 0 aliphatic carbocycles. The van der Waals surface area contributed by atoms with Gasteiger partial charge in [-0.1, -0.05) is 12.2 Å². The average Bonchev–Trinajstić information content (AvgIpc) is 2.55. The van der Waals surface area contributed by atoms with E-state index in [0.717, 1.165) is 57.4 Å². The molecule has 2 rings (SSSR count). The molecule has 0 atom stereocenters. The molecule has 7 heteroatoms. The Balaban J connectivity index is 1.93. The lowest BCUT2D eigenvalue weighted by Crippen LogP contribution is -2.48. The minimum atomic E-state index is 0.662. The van der Waals surface area contributed by atoms with Crippen LogP contribution in [0.4, 0.5) is 5.82 Å². The molecule has 6 nitrogen and oxygen atoms in total. The third kappa shape index (κ3) is 4.59. The Morgan fingerprint density at radius 3 is 2.71 bits per heavy atom. The average molecular weight is 308 g/mol. The fraction of sp³-hybridized carbons (Fsp3) is 0.643. The molecule has 1 fully saturated rings. The van der Waals surface area contributed by atoms with Gasteiger partial charge in [0.2, 0.25) is 0 Å². The number of anilines is 1. The number of nitrogens with one attached hydrogen (secondary N) is 2. The Labute approximate surface area is 131 Å². The van der Waals surface area contributed by atoms with Gasteiger partial charge in [-0.25, -0.2) is 4.98 Å². The van der Waals surface area contributed by atoms with Crippen LogP contribution in [0.2, 0.25) is 0 Å². The standard InChI is InChI=1S/C14H24N6S/c1-3-20(4-2)13-10-16-9-12(18-13)14(21)17-11-19-7-5-15-6-8-19/h9-10,15H,3-8,11H2,1-2H3,(H,17,21). The van der Waals surface area contributed by atoms with Crippen LogP contribution >= 0.6 is 12.2 Å². The van der Waals surface area contributed by atoms with Gasteiger partial charge in [-0.05, 0) is 13.8 Å². The molecule has 1 aromatic heterocycles.